The van der Waals surface area contributed by atoms with E-state index >= 15 is 0 Å². The number of H-pyrrole nitrogens is 2. The molecule has 0 aliphatic heterocycles. The lowest BCUT2D eigenvalue weighted by Crippen LogP contribution is -2.11. The fourth-order valence-corrected chi connectivity index (χ4v) is 3.34. The quantitative estimate of drug-likeness (QED) is 0.369. The van der Waals surface area contributed by atoms with E-state index in [1.165, 1.54) is 0 Å². The van der Waals surface area contributed by atoms with Crippen LogP contribution in [0.4, 0.5) is 17.1 Å². The van der Waals surface area contributed by atoms with Crippen molar-refractivity contribution >= 4 is 44.9 Å². The number of fused-ring (bicyclic) bond motifs is 3. The lowest BCUT2D eigenvalue weighted by molar-refractivity contribution is 0.102. The highest BCUT2D eigenvalue weighted by molar-refractivity contribution is 6.09. The number of hydrogen-bond acceptors (Lipinski definition) is 5. The average molecular weight is 396 g/mol. The minimum atomic E-state index is -0.266. The first-order valence-corrected chi connectivity index (χ1v) is 9.26. The minimum absolute atomic E-state index is 0.164. The van der Waals surface area contributed by atoms with Gasteiger partial charge in [-0.15, -0.1) is 0 Å². The van der Waals surface area contributed by atoms with E-state index in [-0.39, 0.29) is 11.5 Å². The first-order valence-electron chi connectivity index (χ1n) is 9.26. The van der Waals surface area contributed by atoms with Gasteiger partial charge in [0.1, 0.15) is 11.2 Å². The van der Waals surface area contributed by atoms with Crippen LogP contribution in [0.3, 0.4) is 0 Å². The molecular weight excluding hydrogens is 380 g/mol. The average Bonchev–Trinajstić information content (AvgIpc) is 3.26. The Kier molecular flexibility index (Phi) is 4.21. The summed E-state index contributed by atoms with van der Waals surface area (Å²) in [5.41, 5.74) is 3.50. The summed E-state index contributed by atoms with van der Waals surface area (Å²) in [5, 5.41) is 14.4. The Hall–Kier alpha value is -4.46. The predicted octanol–water partition coefficient (Wildman–Crippen LogP) is 3.80. The monoisotopic (exact) mass is 396 g/mol. The lowest BCUT2D eigenvalue weighted by Gasteiger charge is -2.11. The molecule has 2 aromatic carbocycles. The molecule has 0 bridgehead atoms. The maximum absolute atomic E-state index is 12.3. The van der Waals surface area contributed by atoms with Crippen LogP contribution in [0.5, 0.6) is 0 Å². The smallest absolute Gasteiger partial charge is 0.275 e. The predicted molar refractivity (Wildman–Crippen MR) is 116 cm³/mol. The first kappa shape index (κ1) is 17.6. The Labute approximate surface area is 170 Å². The third kappa shape index (κ3) is 3.16. The molecule has 0 radical (unpaired) electrons. The number of carbonyl (C=O) groups is 1. The third-order valence-corrected chi connectivity index (χ3v) is 4.78. The van der Waals surface area contributed by atoms with Gasteiger partial charge in [-0.25, -0.2) is 4.98 Å². The summed E-state index contributed by atoms with van der Waals surface area (Å²) in [7, 11) is 0. The number of rotatable bonds is 4. The van der Waals surface area contributed by atoms with Gasteiger partial charge in [0.15, 0.2) is 0 Å². The Morgan fingerprint density at radius 3 is 2.50 bits per heavy atom. The number of anilines is 3. The molecule has 0 saturated carbocycles. The maximum Gasteiger partial charge on any atom is 0.275 e. The van der Waals surface area contributed by atoms with Gasteiger partial charge in [-0.1, -0.05) is 18.2 Å². The van der Waals surface area contributed by atoms with Gasteiger partial charge in [-0.3, -0.25) is 14.7 Å². The van der Waals surface area contributed by atoms with Crippen molar-refractivity contribution in [1.82, 2.24) is 20.2 Å². The van der Waals surface area contributed by atoms with E-state index in [9.17, 15) is 9.59 Å². The molecule has 0 spiro atoms. The van der Waals surface area contributed by atoms with Crippen molar-refractivity contribution < 1.29 is 4.79 Å². The highest BCUT2D eigenvalue weighted by atomic mass is 16.1. The third-order valence-electron chi connectivity index (χ3n) is 4.78. The van der Waals surface area contributed by atoms with E-state index in [0.717, 1.165) is 16.8 Å². The highest BCUT2D eigenvalue weighted by Gasteiger charge is 2.12. The molecule has 8 nitrogen and oxygen atoms in total. The summed E-state index contributed by atoms with van der Waals surface area (Å²) < 4.78 is 0. The van der Waals surface area contributed by atoms with Crippen molar-refractivity contribution in [2.45, 2.75) is 0 Å². The molecule has 0 aliphatic carbocycles. The van der Waals surface area contributed by atoms with Crippen LogP contribution in [0.25, 0.3) is 21.9 Å². The van der Waals surface area contributed by atoms with Crippen LogP contribution < -0.4 is 16.2 Å². The SMILES string of the molecule is O=C(Nc1ccc(Nc2ccnc3[nH]c(=O)c4[nH]ncc4c23)cc1)c1ccccc1. The van der Waals surface area contributed by atoms with Gasteiger partial charge in [0.2, 0.25) is 0 Å². The van der Waals surface area contributed by atoms with Gasteiger partial charge >= 0.3 is 0 Å². The van der Waals surface area contributed by atoms with Crippen LogP contribution in [0.2, 0.25) is 0 Å². The molecule has 0 fully saturated rings. The fraction of sp³-hybridized carbons (Fsp3) is 0. The Morgan fingerprint density at radius 2 is 1.70 bits per heavy atom. The van der Waals surface area contributed by atoms with Crippen LogP contribution in [-0.2, 0) is 0 Å². The van der Waals surface area contributed by atoms with Crippen LogP contribution in [0, 0.1) is 0 Å². The second-order valence-electron chi connectivity index (χ2n) is 6.72. The summed E-state index contributed by atoms with van der Waals surface area (Å²) in [6, 6.07) is 18.3. The van der Waals surface area contributed by atoms with Gasteiger partial charge in [0.25, 0.3) is 11.5 Å². The van der Waals surface area contributed by atoms with Crippen LogP contribution in [0.15, 0.2) is 77.9 Å². The van der Waals surface area contributed by atoms with Crippen molar-refractivity contribution in [3.8, 4) is 0 Å². The minimum Gasteiger partial charge on any atom is -0.355 e. The number of hydrogen-bond donors (Lipinski definition) is 4. The molecule has 0 aliphatic rings. The zero-order valence-electron chi connectivity index (χ0n) is 15.6. The molecular formula is C22H16N6O2. The summed E-state index contributed by atoms with van der Waals surface area (Å²) in [5.74, 6) is -0.164. The zero-order chi connectivity index (χ0) is 20.5. The summed E-state index contributed by atoms with van der Waals surface area (Å²) in [4.78, 5) is 31.5. The molecule has 3 heterocycles. The largest absolute Gasteiger partial charge is 0.355 e. The van der Waals surface area contributed by atoms with Gasteiger partial charge in [0.05, 0.1) is 17.3 Å². The molecule has 5 rings (SSSR count). The van der Waals surface area contributed by atoms with Crippen molar-refractivity contribution in [1.29, 1.82) is 0 Å². The Balaban J connectivity index is 1.43. The zero-order valence-corrected chi connectivity index (χ0v) is 15.6. The molecule has 5 aromatic rings. The second-order valence-corrected chi connectivity index (χ2v) is 6.72. The van der Waals surface area contributed by atoms with Gasteiger partial charge in [-0.2, -0.15) is 5.10 Å². The van der Waals surface area contributed by atoms with Crippen molar-refractivity contribution in [2.75, 3.05) is 10.6 Å². The normalized spacial score (nSPS) is 10.9. The van der Waals surface area contributed by atoms with Crippen molar-refractivity contribution in [2.24, 2.45) is 0 Å². The van der Waals surface area contributed by atoms with E-state index in [1.54, 1.807) is 24.5 Å². The number of amides is 1. The van der Waals surface area contributed by atoms with Crippen molar-refractivity contribution in [3.63, 3.8) is 0 Å². The fourth-order valence-electron chi connectivity index (χ4n) is 3.34. The van der Waals surface area contributed by atoms with E-state index in [0.29, 0.717) is 27.8 Å². The van der Waals surface area contributed by atoms with Crippen LogP contribution >= 0.6 is 0 Å². The number of aromatic nitrogens is 4. The van der Waals surface area contributed by atoms with Crippen LogP contribution in [-0.4, -0.2) is 26.1 Å². The highest BCUT2D eigenvalue weighted by Crippen LogP contribution is 2.29. The molecule has 1 amide bonds. The number of pyridine rings is 2. The topological polar surface area (TPSA) is 116 Å². The summed E-state index contributed by atoms with van der Waals surface area (Å²) in [6.07, 6.45) is 3.24. The molecule has 146 valence electrons. The lowest BCUT2D eigenvalue weighted by atomic mass is 10.1. The molecule has 0 unspecified atom stereocenters. The standard InChI is InChI=1S/C22H16N6O2/c29-21(13-4-2-1-3-5-13)26-15-8-6-14(7-9-15)25-17-10-11-23-20-18(17)16-12-24-28-19(16)22(30)27-20/h1-12H,(H,24,28)(H,26,29)(H2,23,25,27,30). The Bertz CT molecular complexity index is 1420. The van der Waals surface area contributed by atoms with Gasteiger partial charge in [-0.05, 0) is 42.5 Å². The summed E-state index contributed by atoms with van der Waals surface area (Å²) >= 11 is 0. The number of carbonyl (C=O) groups excluding carboxylic acids is 1. The number of aromatic amines is 2. The maximum atomic E-state index is 12.3. The number of nitrogens with zero attached hydrogens (tertiary/aromatic N) is 2. The van der Waals surface area contributed by atoms with E-state index in [4.69, 9.17) is 0 Å². The molecule has 0 atom stereocenters. The molecule has 0 saturated heterocycles. The molecule has 3 aromatic heterocycles. The number of nitrogens with one attached hydrogen (secondary N) is 4. The molecule has 30 heavy (non-hydrogen) atoms. The van der Waals surface area contributed by atoms with Crippen molar-refractivity contribution in [3.05, 3.63) is 89.0 Å². The summed E-state index contributed by atoms with van der Waals surface area (Å²) in [6.45, 7) is 0. The number of benzene rings is 2. The van der Waals surface area contributed by atoms with Gasteiger partial charge in [0, 0.05) is 28.5 Å². The molecule has 8 heteroatoms. The van der Waals surface area contributed by atoms with E-state index in [1.807, 2.05) is 48.5 Å². The Morgan fingerprint density at radius 1 is 0.933 bits per heavy atom. The van der Waals surface area contributed by atoms with E-state index in [2.05, 4.69) is 30.8 Å². The van der Waals surface area contributed by atoms with Gasteiger partial charge < -0.3 is 15.6 Å². The second kappa shape index (κ2) is 7.17. The first-order chi connectivity index (χ1) is 14.7. The van der Waals surface area contributed by atoms with Crippen LogP contribution in [0.1, 0.15) is 10.4 Å². The van der Waals surface area contributed by atoms with E-state index < -0.39 is 0 Å². The molecule has 4 N–H and O–H groups in total.